The van der Waals surface area contributed by atoms with Crippen LogP contribution in [0.1, 0.15) is 65.9 Å². The van der Waals surface area contributed by atoms with Crippen LogP contribution in [-0.4, -0.2) is 41.4 Å². The number of ether oxygens (including phenoxy) is 1. The number of amides is 2. The first-order valence-electron chi connectivity index (χ1n) is 11.4. The third-order valence-electron chi connectivity index (χ3n) is 6.90. The predicted molar refractivity (Wildman–Crippen MR) is 119 cm³/mol. The number of nitrogens with zero attached hydrogens (tertiary/aromatic N) is 1. The van der Waals surface area contributed by atoms with Crippen LogP contribution in [-0.2, 0) is 4.79 Å². The van der Waals surface area contributed by atoms with Gasteiger partial charge in [0.1, 0.15) is 11.4 Å². The molecule has 5 nitrogen and oxygen atoms in total. The molecule has 0 radical (unpaired) electrons. The second kappa shape index (κ2) is 8.03. The highest BCUT2D eigenvalue weighted by Crippen LogP contribution is 2.46. The summed E-state index contributed by atoms with van der Waals surface area (Å²) < 4.78 is 6.55. The van der Waals surface area contributed by atoms with Gasteiger partial charge in [0, 0.05) is 49.9 Å². The smallest absolute Gasteiger partial charge is 0.253 e. The predicted octanol–water partition coefficient (Wildman–Crippen LogP) is 4.20. The first-order valence-corrected chi connectivity index (χ1v) is 11.4. The molecule has 3 aliphatic rings. The van der Waals surface area contributed by atoms with E-state index in [2.05, 4.69) is 11.4 Å². The summed E-state index contributed by atoms with van der Waals surface area (Å²) in [5, 5.41) is 3.14. The summed E-state index contributed by atoms with van der Waals surface area (Å²) in [7, 11) is 0. The van der Waals surface area contributed by atoms with Gasteiger partial charge in [-0.15, -0.1) is 0 Å². The van der Waals surface area contributed by atoms with Crippen molar-refractivity contribution in [2.75, 3.05) is 13.1 Å². The molecule has 2 aromatic rings. The van der Waals surface area contributed by atoms with E-state index in [-0.39, 0.29) is 23.3 Å². The van der Waals surface area contributed by atoms with Crippen molar-refractivity contribution in [2.45, 2.75) is 63.0 Å². The third-order valence-corrected chi connectivity index (χ3v) is 6.90. The standard InChI is InChI=1S/C26H30N2O3/c1-18-5-4-6-19(15-18)25(30)28-13-11-26(12-14-28)17-20(16-24(29)27-21-9-10-21)22-7-2-3-8-23(22)31-26/h2-8,15,20-21H,9-14,16-17H2,1H3,(H,27,29). The Morgan fingerprint density at radius 1 is 1.10 bits per heavy atom. The van der Waals surface area contributed by atoms with Crippen molar-refractivity contribution in [3.05, 3.63) is 65.2 Å². The molecule has 5 rings (SSSR count). The molecule has 5 heteroatoms. The molecule has 31 heavy (non-hydrogen) atoms. The zero-order chi connectivity index (χ0) is 21.4. The van der Waals surface area contributed by atoms with E-state index in [1.54, 1.807) is 0 Å². The van der Waals surface area contributed by atoms with Crippen LogP contribution < -0.4 is 10.1 Å². The average molecular weight is 419 g/mol. The summed E-state index contributed by atoms with van der Waals surface area (Å²) in [4.78, 5) is 27.5. The highest BCUT2D eigenvalue weighted by Gasteiger charge is 2.44. The fourth-order valence-electron chi connectivity index (χ4n) is 5.05. The number of para-hydroxylation sites is 1. The van der Waals surface area contributed by atoms with Crippen LogP contribution in [0.25, 0.3) is 0 Å². The van der Waals surface area contributed by atoms with Gasteiger partial charge >= 0.3 is 0 Å². The topological polar surface area (TPSA) is 58.6 Å². The van der Waals surface area contributed by atoms with Crippen molar-refractivity contribution in [1.29, 1.82) is 0 Å². The highest BCUT2D eigenvalue weighted by atomic mass is 16.5. The van der Waals surface area contributed by atoms with Crippen molar-refractivity contribution >= 4 is 11.8 Å². The van der Waals surface area contributed by atoms with Crippen LogP contribution in [0, 0.1) is 6.92 Å². The Bertz CT molecular complexity index is 990. The molecule has 1 N–H and O–H groups in total. The Morgan fingerprint density at radius 2 is 1.87 bits per heavy atom. The van der Waals surface area contributed by atoms with Crippen molar-refractivity contribution in [2.24, 2.45) is 0 Å². The van der Waals surface area contributed by atoms with Crippen molar-refractivity contribution in [3.8, 4) is 5.75 Å². The molecule has 0 aromatic heterocycles. The van der Waals surface area contributed by atoms with E-state index < -0.39 is 0 Å². The minimum atomic E-state index is -0.303. The quantitative estimate of drug-likeness (QED) is 0.809. The lowest BCUT2D eigenvalue weighted by Gasteiger charge is -2.47. The summed E-state index contributed by atoms with van der Waals surface area (Å²) in [5.74, 6) is 1.29. The number of likely N-dealkylation sites (tertiary alicyclic amines) is 1. The van der Waals surface area contributed by atoms with Crippen LogP contribution in [0.15, 0.2) is 48.5 Å². The SMILES string of the molecule is Cc1cccc(C(=O)N2CCC3(CC2)CC(CC(=O)NC2CC2)c2ccccc2O3)c1. The van der Waals surface area contributed by atoms with Gasteiger partial charge in [0.15, 0.2) is 0 Å². The Kier molecular flexibility index (Phi) is 5.20. The van der Waals surface area contributed by atoms with Crippen LogP contribution in [0.4, 0.5) is 0 Å². The van der Waals surface area contributed by atoms with Gasteiger partial charge in [-0.1, -0.05) is 35.9 Å². The zero-order valence-electron chi connectivity index (χ0n) is 18.1. The molecule has 2 heterocycles. The van der Waals surface area contributed by atoms with Crippen LogP contribution in [0.5, 0.6) is 5.75 Å². The highest BCUT2D eigenvalue weighted by molar-refractivity contribution is 5.94. The van der Waals surface area contributed by atoms with Crippen LogP contribution in [0.2, 0.25) is 0 Å². The molecule has 1 unspecified atom stereocenters. The normalized spacial score (nSPS) is 21.8. The summed E-state index contributed by atoms with van der Waals surface area (Å²) in [6.07, 6.45) is 5.12. The van der Waals surface area contributed by atoms with Crippen molar-refractivity contribution in [1.82, 2.24) is 10.2 Å². The average Bonchev–Trinajstić information content (AvgIpc) is 3.57. The second-order valence-electron chi connectivity index (χ2n) is 9.43. The molecule has 162 valence electrons. The monoisotopic (exact) mass is 418 g/mol. The summed E-state index contributed by atoms with van der Waals surface area (Å²) in [6, 6.07) is 16.3. The molecule has 1 atom stereocenters. The molecule has 0 bridgehead atoms. The van der Waals surface area contributed by atoms with Gasteiger partial charge in [-0.2, -0.15) is 0 Å². The van der Waals surface area contributed by atoms with E-state index in [1.807, 2.05) is 54.3 Å². The molecule has 2 aromatic carbocycles. The van der Waals surface area contributed by atoms with Gasteiger partial charge < -0.3 is 15.0 Å². The van der Waals surface area contributed by atoms with Crippen molar-refractivity contribution in [3.63, 3.8) is 0 Å². The number of fused-ring (bicyclic) bond motifs is 1. The molecule has 1 aliphatic carbocycles. The van der Waals surface area contributed by atoms with Crippen LogP contribution in [0.3, 0.4) is 0 Å². The number of rotatable bonds is 4. The van der Waals surface area contributed by atoms with E-state index in [0.29, 0.717) is 25.6 Å². The maximum atomic E-state index is 13.0. The summed E-state index contributed by atoms with van der Waals surface area (Å²) >= 11 is 0. The minimum Gasteiger partial charge on any atom is -0.487 e. The maximum absolute atomic E-state index is 13.0. The molecule has 2 aliphatic heterocycles. The number of carbonyl (C=O) groups excluding carboxylic acids is 2. The second-order valence-corrected chi connectivity index (χ2v) is 9.43. The summed E-state index contributed by atoms with van der Waals surface area (Å²) in [5.41, 5.74) is 2.68. The lowest BCUT2D eigenvalue weighted by molar-refractivity contribution is -0.122. The molecule has 2 fully saturated rings. The first kappa shape index (κ1) is 20.1. The number of piperidine rings is 1. The van der Waals surface area contributed by atoms with Crippen molar-refractivity contribution < 1.29 is 14.3 Å². The molecular weight excluding hydrogens is 388 g/mol. The molecule has 1 saturated carbocycles. The lowest BCUT2D eigenvalue weighted by Crippen LogP contribution is -2.52. The fraction of sp³-hybridized carbons (Fsp3) is 0.462. The van der Waals surface area contributed by atoms with Gasteiger partial charge in [-0.3, -0.25) is 9.59 Å². The van der Waals surface area contributed by atoms with E-state index in [1.165, 1.54) is 0 Å². The summed E-state index contributed by atoms with van der Waals surface area (Å²) in [6.45, 7) is 3.36. The molecular formula is C26H30N2O3. The number of hydrogen-bond donors (Lipinski definition) is 1. The first-order chi connectivity index (χ1) is 15.0. The third kappa shape index (κ3) is 4.32. The number of nitrogens with one attached hydrogen (secondary N) is 1. The largest absolute Gasteiger partial charge is 0.487 e. The zero-order valence-corrected chi connectivity index (χ0v) is 18.1. The van der Waals surface area contributed by atoms with Gasteiger partial charge in [-0.05, 0) is 49.9 Å². The van der Waals surface area contributed by atoms with Gasteiger partial charge in [-0.25, -0.2) is 0 Å². The van der Waals surface area contributed by atoms with E-state index >= 15 is 0 Å². The Balaban J connectivity index is 1.30. The Hall–Kier alpha value is -2.82. The van der Waals surface area contributed by atoms with E-state index in [0.717, 1.165) is 54.5 Å². The van der Waals surface area contributed by atoms with E-state index in [9.17, 15) is 9.59 Å². The molecule has 1 spiro atoms. The van der Waals surface area contributed by atoms with Crippen LogP contribution >= 0.6 is 0 Å². The number of carbonyl (C=O) groups is 2. The minimum absolute atomic E-state index is 0.0927. The number of hydrogen-bond acceptors (Lipinski definition) is 3. The van der Waals surface area contributed by atoms with E-state index in [4.69, 9.17) is 4.74 Å². The van der Waals surface area contributed by atoms with Gasteiger partial charge in [0.05, 0.1) is 0 Å². The molecule has 1 saturated heterocycles. The Labute approximate surface area is 183 Å². The van der Waals surface area contributed by atoms with Gasteiger partial charge in [0.25, 0.3) is 5.91 Å². The van der Waals surface area contributed by atoms with Gasteiger partial charge in [0.2, 0.25) is 5.91 Å². The Morgan fingerprint density at radius 3 is 2.61 bits per heavy atom. The maximum Gasteiger partial charge on any atom is 0.253 e. The number of aryl methyl sites for hydroxylation is 1. The lowest BCUT2D eigenvalue weighted by atomic mass is 9.76. The molecule has 2 amide bonds. The fourth-order valence-corrected chi connectivity index (χ4v) is 5.05. The number of benzene rings is 2.